The van der Waals surface area contributed by atoms with E-state index in [0.29, 0.717) is 10.2 Å². The molecule has 1 N–H and O–H groups in total. The van der Waals surface area contributed by atoms with Gasteiger partial charge in [0.15, 0.2) is 0 Å². The Balaban J connectivity index is 2.78. The van der Waals surface area contributed by atoms with Crippen molar-refractivity contribution in [1.29, 1.82) is 0 Å². The molecule has 84 valence electrons. The summed E-state index contributed by atoms with van der Waals surface area (Å²) in [5.74, 6) is -0.0914. The molecule has 6 heteroatoms. The number of halogens is 1. The molecule has 0 radical (unpaired) electrons. The van der Waals surface area contributed by atoms with Crippen LogP contribution in [0.2, 0.25) is 0 Å². The number of amides is 1. The van der Waals surface area contributed by atoms with Crippen molar-refractivity contribution in [3.05, 3.63) is 10.6 Å². The summed E-state index contributed by atoms with van der Waals surface area (Å²) in [5, 5.41) is 7.54. The Morgan fingerprint density at radius 3 is 2.80 bits per heavy atom. The second-order valence-electron chi connectivity index (χ2n) is 3.87. The standard InChI is InChI=1S/C9H14BrN3OS/c1-4-6-7(15-13-12-6)8(14)11-9(2,3)5-10/h4-5H2,1-3H3,(H,11,14). The Hall–Kier alpha value is -0.490. The molecule has 1 heterocycles. The van der Waals surface area contributed by atoms with Crippen molar-refractivity contribution in [2.24, 2.45) is 0 Å². The molecule has 0 atom stereocenters. The van der Waals surface area contributed by atoms with Crippen molar-refractivity contribution in [3.63, 3.8) is 0 Å². The fourth-order valence-corrected chi connectivity index (χ4v) is 1.80. The van der Waals surface area contributed by atoms with Gasteiger partial charge in [-0.25, -0.2) is 0 Å². The molecule has 1 amide bonds. The first kappa shape index (κ1) is 12.6. The maximum atomic E-state index is 11.9. The van der Waals surface area contributed by atoms with Crippen molar-refractivity contribution in [2.75, 3.05) is 5.33 Å². The predicted molar refractivity (Wildman–Crippen MR) is 64.6 cm³/mol. The van der Waals surface area contributed by atoms with Crippen LogP contribution in [0.25, 0.3) is 0 Å². The van der Waals surface area contributed by atoms with Gasteiger partial charge in [-0.2, -0.15) is 0 Å². The molecular weight excluding hydrogens is 278 g/mol. The zero-order valence-corrected chi connectivity index (χ0v) is 11.4. The summed E-state index contributed by atoms with van der Waals surface area (Å²) in [6.07, 6.45) is 0.730. The molecule has 0 aliphatic carbocycles. The average molecular weight is 292 g/mol. The maximum absolute atomic E-state index is 11.9. The highest BCUT2D eigenvalue weighted by Crippen LogP contribution is 2.14. The minimum absolute atomic E-state index is 0.0914. The third kappa shape index (κ3) is 3.24. The predicted octanol–water partition coefficient (Wildman–Crippen LogP) is 2.00. The van der Waals surface area contributed by atoms with Crippen molar-refractivity contribution < 1.29 is 4.79 Å². The molecule has 0 bridgehead atoms. The normalized spacial score (nSPS) is 11.5. The summed E-state index contributed by atoms with van der Waals surface area (Å²) >= 11 is 4.50. The molecule has 0 aliphatic rings. The van der Waals surface area contributed by atoms with Gasteiger partial charge in [0, 0.05) is 10.9 Å². The maximum Gasteiger partial charge on any atom is 0.265 e. The van der Waals surface area contributed by atoms with Crippen molar-refractivity contribution in [1.82, 2.24) is 14.9 Å². The van der Waals surface area contributed by atoms with Crippen LogP contribution in [0.4, 0.5) is 0 Å². The van der Waals surface area contributed by atoms with Crippen molar-refractivity contribution in [2.45, 2.75) is 32.7 Å². The van der Waals surface area contributed by atoms with E-state index >= 15 is 0 Å². The van der Waals surface area contributed by atoms with Gasteiger partial charge >= 0.3 is 0 Å². The van der Waals surface area contributed by atoms with E-state index in [2.05, 4.69) is 30.8 Å². The summed E-state index contributed by atoms with van der Waals surface area (Å²) in [7, 11) is 0. The Bertz CT molecular complexity index is 351. The number of aryl methyl sites for hydroxylation is 1. The fraction of sp³-hybridized carbons (Fsp3) is 0.667. The lowest BCUT2D eigenvalue weighted by molar-refractivity contribution is 0.0924. The number of aromatic nitrogens is 2. The summed E-state index contributed by atoms with van der Waals surface area (Å²) in [4.78, 5) is 12.5. The molecule has 0 saturated heterocycles. The van der Waals surface area contributed by atoms with Crippen LogP contribution in [0.15, 0.2) is 0 Å². The van der Waals surface area contributed by atoms with Crippen LogP contribution >= 0.6 is 27.5 Å². The second kappa shape index (κ2) is 5.03. The summed E-state index contributed by atoms with van der Waals surface area (Å²) in [6, 6.07) is 0. The highest BCUT2D eigenvalue weighted by atomic mass is 79.9. The lowest BCUT2D eigenvalue weighted by atomic mass is 10.1. The van der Waals surface area contributed by atoms with Gasteiger partial charge in [0.1, 0.15) is 4.88 Å². The lowest BCUT2D eigenvalue weighted by Gasteiger charge is -2.22. The first-order valence-corrected chi connectivity index (χ1v) is 6.59. The molecule has 1 aromatic rings. The Labute approximate surface area is 102 Å². The van der Waals surface area contributed by atoms with Gasteiger partial charge < -0.3 is 5.32 Å². The highest BCUT2D eigenvalue weighted by molar-refractivity contribution is 9.09. The SMILES string of the molecule is CCc1nnsc1C(=O)NC(C)(C)CBr. The highest BCUT2D eigenvalue weighted by Gasteiger charge is 2.22. The number of carbonyl (C=O) groups is 1. The molecular formula is C9H14BrN3OS. The van der Waals surface area contributed by atoms with Gasteiger partial charge in [-0.05, 0) is 31.8 Å². The van der Waals surface area contributed by atoms with Gasteiger partial charge in [0.2, 0.25) is 0 Å². The van der Waals surface area contributed by atoms with E-state index in [0.717, 1.165) is 23.6 Å². The molecule has 4 nitrogen and oxygen atoms in total. The van der Waals surface area contributed by atoms with Crippen molar-refractivity contribution in [3.8, 4) is 0 Å². The van der Waals surface area contributed by atoms with Crippen LogP contribution in [-0.2, 0) is 6.42 Å². The van der Waals surface area contributed by atoms with Gasteiger partial charge in [-0.1, -0.05) is 27.3 Å². The van der Waals surface area contributed by atoms with Gasteiger partial charge in [-0.3, -0.25) is 4.79 Å². The minimum Gasteiger partial charge on any atom is -0.346 e. The van der Waals surface area contributed by atoms with Crippen LogP contribution in [0.3, 0.4) is 0 Å². The molecule has 0 unspecified atom stereocenters. The van der Waals surface area contributed by atoms with Crippen molar-refractivity contribution >= 4 is 33.4 Å². The Kier molecular flexibility index (Phi) is 4.21. The quantitative estimate of drug-likeness (QED) is 0.864. The van der Waals surface area contributed by atoms with E-state index in [1.807, 2.05) is 20.8 Å². The molecule has 0 spiro atoms. The van der Waals surface area contributed by atoms with Crippen LogP contribution < -0.4 is 5.32 Å². The number of rotatable bonds is 4. The van der Waals surface area contributed by atoms with E-state index in [1.54, 1.807) is 0 Å². The summed E-state index contributed by atoms with van der Waals surface area (Å²) in [6.45, 7) is 5.88. The number of carbonyl (C=O) groups excluding carboxylic acids is 1. The molecule has 15 heavy (non-hydrogen) atoms. The van der Waals surface area contributed by atoms with Gasteiger partial charge in [0.25, 0.3) is 5.91 Å². The first-order valence-electron chi connectivity index (χ1n) is 4.70. The van der Waals surface area contributed by atoms with Gasteiger partial charge in [-0.15, -0.1) is 5.10 Å². The minimum atomic E-state index is -0.258. The monoisotopic (exact) mass is 291 g/mol. The van der Waals surface area contributed by atoms with E-state index < -0.39 is 0 Å². The largest absolute Gasteiger partial charge is 0.346 e. The zero-order valence-electron chi connectivity index (χ0n) is 9.00. The third-order valence-electron chi connectivity index (χ3n) is 1.88. The number of nitrogens with one attached hydrogen (secondary N) is 1. The Morgan fingerprint density at radius 2 is 2.27 bits per heavy atom. The smallest absolute Gasteiger partial charge is 0.265 e. The first-order chi connectivity index (χ1) is 7.00. The molecule has 0 fully saturated rings. The fourth-order valence-electron chi connectivity index (χ4n) is 1.01. The van der Waals surface area contributed by atoms with Crippen LogP contribution in [0, 0.1) is 0 Å². The summed E-state index contributed by atoms with van der Waals surface area (Å²) < 4.78 is 3.79. The van der Waals surface area contributed by atoms with Crippen LogP contribution in [-0.4, -0.2) is 26.4 Å². The average Bonchev–Trinajstić information content (AvgIpc) is 2.64. The zero-order chi connectivity index (χ0) is 11.5. The molecule has 0 aliphatic heterocycles. The number of alkyl halides is 1. The summed E-state index contributed by atoms with van der Waals surface area (Å²) in [5.41, 5.74) is 0.509. The number of nitrogens with zero attached hydrogens (tertiary/aromatic N) is 2. The molecule has 1 rings (SSSR count). The molecule has 0 saturated carbocycles. The van der Waals surface area contributed by atoms with E-state index in [9.17, 15) is 4.79 Å². The number of hydrogen-bond donors (Lipinski definition) is 1. The third-order valence-corrected chi connectivity index (χ3v) is 4.05. The lowest BCUT2D eigenvalue weighted by Crippen LogP contribution is -2.44. The van der Waals surface area contributed by atoms with E-state index in [4.69, 9.17) is 0 Å². The number of hydrogen-bond acceptors (Lipinski definition) is 4. The van der Waals surface area contributed by atoms with Gasteiger partial charge in [0.05, 0.1) is 5.69 Å². The molecule has 0 aromatic carbocycles. The topological polar surface area (TPSA) is 54.9 Å². The molecule has 1 aromatic heterocycles. The Morgan fingerprint density at radius 1 is 1.60 bits per heavy atom. The second-order valence-corrected chi connectivity index (χ2v) is 5.19. The van der Waals surface area contributed by atoms with E-state index in [1.165, 1.54) is 0 Å². The van der Waals surface area contributed by atoms with E-state index in [-0.39, 0.29) is 11.4 Å². The van der Waals surface area contributed by atoms with Crippen LogP contribution in [0.1, 0.15) is 36.1 Å². The van der Waals surface area contributed by atoms with Crippen LogP contribution in [0.5, 0.6) is 0 Å².